The predicted octanol–water partition coefficient (Wildman–Crippen LogP) is 2.52. The first-order valence-corrected chi connectivity index (χ1v) is 7.23. The van der Waals surface area contributed by atoms with Crippen LogP contribution in [-0.2, 0) is 11.3 Å². The van der Waals surface area contributed by atoms with Crippen LogP contribution in [-0.4, -0.2) is 42.8 Å². The number of carboxylic acid groups (broad SMARTS) is 1. The number of halogens is 1. The summed E-state index contributed by atoms with van der Waals surface area (Å²) in [7, 11) is 3.18. The highest BCUT2D eigenvalue weighted by Crippen LogP contribution is 2.34. The Morgan fingerprint density at radius 1 is 1.40 bits per heavy atom. The number of aliphatic carboxylic acids is 1. The molecule has 0 bridgehead atoms. The zero-order valence-corrected chi connectivity index (χ0v) is 13.1. The molecule has 0 aliphatic carbocycles. The van der Waals surface area contributed by atoms with Crippen molar-refractivity contribution in [3.63, 3.8) is 0 Å². The zero-order valence-electron chi connectivity index (χ0n) is 11.6. The van der Waals surface area contributed by atoms with Crippen LogP contribution >= 0.6 is 15.9 Å². The molecule has 1 fully saturated rings. The Morgan fingerprint density at radius 2 is 2.05 bits per heavy atom. The van der Waals surface area contributed by atoms with Crippen LogP contribution in [0, 0.1) is 0 Å². The molecule has 1 saturated heterocycles. The van der Waals surface area contributed by atoms with Gasteiger partial charge < -0.3 is 14.6 Å². The van der Waals surface area contributed by atoms with Crippen LogP contribution in [0.4, 0.5) is 0 Å². The maximum Gasteiger partial charge on any atom is 0.320 e. The Morgan fingerprint density at radius 3 is 2.65 bits per heavy atom. The molecule has 0 radical (unpaired) electrons. The van der Waals surface area contributed by atoms with Gasteiger partial charge in [-0.25, -0.2) is 0 Å². The fourth-order valence-electron chi connectivity index (χ4n) is 2.53. The lowest BCUT2D eigenvalue weighted by molar-refractivity contribution is -0.142. The molecule has 1 aliphatic rings. The van der Waals surface area contributed by atoms with Gasteiger partial charge in [-0.2, -0.15) is 0 Å². The van der Waals surface area contributed by atoms with Crippen molar-refractivity contribution in [2.75, 3.05) is 20.8 Å². The highest BCUT2D eigenvalue weighted by atomic mass is 79.9. The number of nitrogens with zero attached hydrogens (tertiary/aromatic N) is 1. The predicted molar refractivity (Wildman–Crippen MR) is 78.3 cm³/mol. The van der Waals surface area contributed by atoms with Gasteiger partial charge in [-0.3, -0.25) is 9.69 Å². The summed E-state index contributed by atoms with van der Waals surface area (Å²) in [5.41, 5.74) is 0.996. The third kappa shape index (κ3) is 3.07. The van der Waals surface area contributed by atoms with Crippen LogP contribution in [0.15, 0.2) is 16.6 Å². The van der Waals surface area contributed by atoms with Gasteiger partial charge >= 0.3 is 5.97 Å². The molecule has 5 nitrogen and oxygen atoms in total. The van der Waals surface area contributed by atoms with E-state index in [9.17, 15) is 9.90 Å². The van der Waals surface area contributed by atoms with Gasteiger partial charge in [0.05, 0.1) is 14.2 Å². The standard InChI is InChI=1S/C14H18BrNO4/c1-19-12-6-9(10(15)7-13(12)20-2)8-16-5-3-4-11(16)14(17)18/h6-7,11H,3-5,8H2,1-2H3,(H,17,18)/t11-/m1/s1. The van der Waals surface area contributed by atoms with E-state index in [2.05, 4.69) is 15.9 Å². The average molecular weight is 344 g/mol. The molecule has 1 aliphatic heterocycles. The first kappa shape index (κ1) is 15.1. The van der Waals surface area contributed by atoms with Gasteiger partial charge in [-0.05, 0) is 37.1 Å². The fourth-order valence-corrected chi connectivity index (χ4v) is 2.98. The lowest BCUT2D eigenvalue weighted by Gasteiger charge is -2.22. The molecule has 0 saturated carbocycles. The quantitative estimate of drug-likeness (QED) is 0.890. The molecule has 1 aromatic rings. The summed E-state index contributed by atoms with van der Waals surface area (Å²) in [6, 6.07) is 3.34. The molecule has 1 heterocycles. The second kappa shape index (κ2) is 6.45. The van der Waals surface area contributed by atoms with Crippen molar-refractivity contribution in [1.82, 2.24) is 4.90 Å². The van der Waals surface area contributed by atoms with E-state index >= 15 is 0 Å². The molecule has 0 aromatic heterocycles. The first-order chi connectivity index (χ1) is 9.56. The van der Waals surface area contributed by atoms with E-state index in [1.807, 2.05) is 17.0 Å². The second-order valence-corrected chi connectivity index (χ2v) is 5.62. The summed E-state index contributed by atoms with van der Waals surface area (Å²) in [5.74, 6) is 0.551. The van der Waals surface area contributed by atoms with Crippen LogP contribution in [0.25, 0.3) is 0 Å². The number of hydrogen-bond donors (Lipinski definition) is 1. The van der Waals surface area contributed by atoms with E-state index < -0.39 is 12.0 Å². The number of hydrogen-bond acceptors (Lipinski definition) is 4. The molecule has 6 heteroatoms. The number of benzene rings is 1. The molecule has 0 amide bonds. The summed E-state index contributed by atoms with van der Waals surface area (Å²) in [6.07, 6.45) is 1.63. The van der Waals surface area contributed by atoms with Gasteiger partial charge in [0.2, 0.25) is 0 Å². The van der Waals surface area contributed by atoms with Crippen molar-refractivity contribution in [2.45, 2.75) is 25.4 Å². The number of carboxylic acids is 1. The minimum Gasteiger partial charge on any atom is -0.493 e. The van der Waals surface area contributed by atoms with Gasteiger partial charge in [-0.15, -0.1) is 0 Å². The maximum absolute atomic E-state index is 11.2. The lowest BCUT2D eigenvalue weighted by atomic mass is 10.1. The third-order valence-electron chi connectivity index (χ3n) is 3.57. The number of methoxy groups -OCH3 is 2. The van der Waals surface area contributed by atoms with Crippen molar-refractivity contribution >= 4 is 21.9 Å². The van der Waals surface area contributed by atoms with Gasteiger partial charge in [0.25, 0.3) is 0 Å². The van der Waals surface area contributed by atoms with Gasteiger partial charge in [0.15, 0.2) is 11.5 Å². The Labute approximate surface area is 126 Å². The number of ether oxygens (including phenoxy) is 2. The van der Waals surface area contributed by atoms with Crippen LogP contribution < -0.4 is 9.47 Å². The fraction of sp³-hybridized carbons (Fsp3) is 0.500. The van der Waals surface area contributed by atoms with Crippen molar-refractivity contribution < 1.29 is 19.4 Å². The third-order valence-corrected chi connectivity index (χ3v) is 4.31. The van der Waals surface area contributed by atoms with E-state index in [4.69, 9.17) is 9.47 Å². The SMILES string of the molecule is COc1cc(Br)c(CN2CCC[C@@H]2C(=O)O)cc1OC. The Balaban J connectivity index is 2.23. The highest BCUT2D eigenvalue weighted by Gasteiger charge is 2.30. The van der Waals surface area contributed by atoms with Gasteiger partial charge in [0, 0.05) is 11.0 Å². The molecular formula is C14H18BrNO4. The minimum atomic E-state index is -0.751. The highest BCUT2D eigenvalue weighted by molar-refractivity contribution is 9.10. The van der Waals surface area contributed by atoms with Crippen molar-refractivity contribution in [2.24, 2.45) is 0 Å². The largest absolute Gasteiger partial charge is 0.493 e. The summed E-state index contributed by atoms with van der Waals surface area (Å²) in [5, 5.41) is 9.22. The summed E-state index contributed by atoms with van der Waals surface area (Å²) in [4.78, 5) is 13.2. The Kier molecular flexibility index (Phi) is 4.88. The molecule has 110 valence electrons. The van der Waals surface area contributed by atoms with Crippen LogP contribution in [0.3, 0.4) is 0 Å². The van der Waals surface area contributed by atoms with Crippen molar-refractivity contribution in [3.8, 4) is 11.5 Å². The molecular weight excluding hydrogens is 326 g/mol. The Hall–Kier alpha value is -1.27. The van der Waals surface area contributed by atoms with Crippen molar-refractivity contribution in [3.05, 3.63) is 22.2 Å². The smallest absolute Gasteiger partial charge is 0.320 e. The summed E-state index contributed by atoms with van der Waals surface area (Å²) >= 11 is 3.51. The minimum absolute atomic E-state index is 0.394. The van der Waals surface area contributed by atoms with E-state index in [-0.39, 0.29) is 0 Å². The summed E-state index contributed by atoms with van der Waals surface area (Å²) in [6.45, 7) is 1.38. The van der Waals surface area contributed by atoms with Gasteiger partial charge in [-0.1, -0.05) is 15.9 Å². The van der Waals surface area contributed by atoms with E-state index in [0.717, 1.165) is 23.0 Å². The number of carbonyl (C=O) groups is 1. The zero-order chi connectivity index (χ0) is 14.7. The summed E-state index contributed by atoms with van der Waals surface area (Å²) < 4.78 is 11.4. The molecule has 1 N–H and O–H groups in total. The van der Waals surface area contributed by atoms with E-state index in [0.29, 0.717) is 24.5 Å². The molecule has 1 aromatic carbocycles. The van der Waals surface area contributed by atoms with Gasteiger partial charge in [0.1, 0.15) is 6.04 Å². The topological polar surface area (TPSA) is 59.0 Å². The maximum atomic E-state index is 11.2. The average Bonchev–Trinajstić information content (AvgIpc) is 2.88. The normalized spacial score (nSPS) is 19.1. The lowest BCUT2D eigenvalue weighted by Crippen LogP contribution is -2.35. The van der Waals surface area contributed by atoms with Crippen molar-refractivity contribution in [1.29, 1.82) is 0 Å². The molecule has 20 heavy (non-hydrogen) atoms. The van der Waals surface area contributed by atoms with Crippen LogP contribution in [0.2, 0.25) is 0 Å². The molecule has 0 unspecified atom stereocenters. The van der Waals surface area contributed by atoms with Crippen LogP contribution in [0.5, 0.6) is 11.5 Å². The van der Waals surface area contributed by atoms with E-state index in [1.54, 1.807) is 14.2 Å². The number of likely N-dealkylation sites (tertiary alicyclic amines) is 1. The molecule has 0 spiro atoms. The first-order valence-electron chi connectivity index (χ1n) is 6.44. The Bertz CT molecular complexity index is 506. The number of rotatable bonds is 5. The molecule has 1 atom stereocenters. The second-order valence-electron chi connectivity index (χ2n) is 4.77. The molecule has 2 rings (SSSR count). The van der Waals surface area contributed by atoms with Crippen LogP contribution in [0.1, 0.15) is 18.4 Å². The monoisotopic (exact) mass is 343 g/mol. The van der Waals surface area contributed by atoms with E-state index in [1.165, 1.54) is 0 Å².